The second kappa shape index (κ2) is 11.7. The first-order chi connectivity index (χ1) is 19.9. The van der Waals surface area contributed by atoms with E-state index in [1.54, 1.807) is 12.1 Å². The zero-order valence-electron chi connectivity index (χ0n) is 27.8. The number of carbonyl (C=O) groups is 2. The summed E-state index contributed by atoms with van der Waals surface area (Å²) < 4.78 is 27.3. The van der Waals surface area contributed by atoms with Crippen molar-refractivity contribution < 1.29 is 23.5 Å². The topological polar surface area (TPSA) is 76.7 Å². The summed E-state index contributed by atoms with van der Waals surface area (Å²) in [7, 11) is 0. The fraction of sp³-hybridized carbons (Fsp3) is 0.778. The normalized spacial score (nSPS) is 31.9. The van der Waals surface area contributed by atoms with Gasteiger partial charge in [-0.2, -0.15) is 0 Å². The SMILES string of the molecule is CC1(C)CC(OC(=O)c2ccc(C3CCC4CC(C(=O)OC5CC(C)(C)NC(C)(C)C5)CCC4C3)cc2F)CC(C)(C)N1. The Morgan fingerprint density at radius 1 is 0.721 bits per heavy atom. The van der Waals surface area contributed by atoms with Crippen molar-refractivity contribution in [3.63, 3.8) is 0 Å². The highest BCUT2D eigenvalue weighted by Crippen LogP contribution is 2.48. The molecule has 4 aliphatic rings. The Bertz CT molecular complexity index is 1180. The van der Waals surface area contributed by atoms with Gasteiger partial charge in [0.1, 0.15) is 18.0 Å². The first kappa shape index (κ1) is 32.4. The number of hydrogen-bond acceptors (Lipinski definition) is 6. The van der Waals surface area contributed by atoms with Crippen molar-refractivity contribution in [2.45, 2.75) is 160 Å². The lowest BCUT2D eigenvalue weighted by atomic mass is 9.64. The molecule has 0 amide bonds. The lowest BCUT2D eigenvalue weighted by molar-refractivity contribution is -0.160. The fourth-order valence-corrected chi connectivity index (χ4v) is 9.46. The number of ether oxygens (including phenoxy) is 2. The monoisotopic (exact) mass is 598 g/mol. The Balaban J connectivity index is 1.14. The molecular weight excluding hydrogens is 543 g/mol. The largest absolute Gasteiger partial charge is 0.462 e. The molecule has 0 aromatic heterocycles. The van der Waals surface area contributed by atoms with Crippen molar-refractivity contribution >= 4 is 11.9 Å². The van der Waals surface area contributed by atoms with Crippen LogP contribution >= 0.6 is 0 Å². The molecule has 2 aliphatic heterocycles. The summed E-state index contributed by atoms with van der Waals surface area (Å²) in [6, 6.07) is 5.10. The van der Waals surface area contributed by atoms with Crippen LogP contribution in [0.2, 0.25) is 0 Å². The molecule has 0 radical (unpaired) electrons. The number of piperidine rings is 2. The second-order valence-electron chi connectivity index (χ2n) is 17.0. The molecule has 0 spiro atoms. The molecule has 2 heterocycles. The van der Waals surface area contributed by atoms with Crippen LogP contribution in [0.3, 0.4) is 0 Å². The summed E-state index contributed by atoms with van der Waals surface area (Å²) in [5.74, 6) is 0.230. The van der Waals surface area contributed by atoms with Gasteiger partial charge in [0.15, 0.2) is 0 Å². The Morgan fingerprint density at radius 2 is 1.23 bits per heavy atom. The van der Waals surface area contributed by atoms with Crippen LogP contribution in [0, 0.1) is 23.6 Å². The van der Waals surface area contributed by atoms with Gasteiger partial charge in [0.05, 0.1) is 11.5 Å². The van der Waals surface area contributed by atoms with Crippen LogP contribution in [0.1, 0.15) is 141 Å². The fourth-order valence-electron chi connectivity index (χ4n) is 9.46. The minimum atomic E-state index is -0.576. The number of hydrogen-bond donors (Lipinski definition) is 2. The molecule has 2 saturated carbocycles. The summed E-state index contributed by atoms with van der Waals surface area (Å²) >= 11 is 0. The van der Waals surface area contributed by atoms with Gasteiger partial charge in [0.25, 0.3) is 0 Å². The van der Waals surface area contributed by atoms with E-state index in [2.05, 4.69) is 66.0 Å². The average molecular weight is 599 g/mol. The molecule has 2 saturated heterocycles. The van der Waals surface area contributed by atoms with E-state index >= 15 is 4.39 Å². The van der Waals surface area contributed by atoms with Crippen LogP contribution in [0.4, 0.5) is 4.39 Å². The summed E-state index contributed by atoms with van der Waals surface area (Å²) in [5.41, 5.74) is 0.564. The van der Waals surface area contributed by atoms with E-state index in [1.165, 1.54) is 0 Å². The van der Waals surface area contributed by atoms with E-state index in [4.69, 9.17) is 9.47 Å². The lowest BCUT2D eigenvalue weighted by Gasteiger charge is -2.46. The van der Waals surface area contributed by atoms with Gasteiger partial charge in [-0.25, -0.2) is 9.18 Å². The maximum atomic E-state index is 15.3. The number of benzene rings is 1. The summed E-state index contributed by atoms with van der Waals surface area (Å²) in [6.07, 6.45) is 8.57. The highest BCUT2D eigenvalue weighted by Gasteiger charge is 2.43. The molecule has 1 aromatic carbocycles. The number of halogens is 1. The number of carbonyl (C=O) groups excluding carboxylic acids is 2. The minimum absolute atomic E-state index is 0.0137. The van der Waals surface area contributed by atoms with Gasteiger partial charge in [-0.05, 0) is 129 Å². The zero-order valence-corrected chi connectivity index (χ0v) is 27.8. The van der Waals surface area contributed by atoms with Crippen molar-refractivity contribution in [1.82, 2.24) is 10.6 Å². The van der Waals surface area contributed by atoms with Crippen molar-refractivity contribution in [3.8, 4) is 0 Å². The Morgan fingerprint density at radius 3 is 1.79 bits per heavy atom. The van der Waals surface area contributed by atoms with E-state index in [1.807, 2.05) is 6.07 Å². The van der Waals surface area contributed by atoms with E-state index in [0.717, 1.165) is 56.9 Å². The molecule has 0 bridgehead atoms. The van der Waals surface area contributed by atoms with Crippen molar-refractivity contribution in [3.05, 3.63) is 35.1 Å². The van der Waals surface area contributed by atoms with E-state index in [0.29, 0.717) is 24.7 Å². The molecule has 2 N–H and O–H groups in total. The third-order valence-electron chi connectivity index (χ3n) is 10.5. The maximum Gasteiger partial charge on any atom is 0.341 e. The van der Waals surface area contributed by atoms with Crippen molar-refractivity contribution in [2.24, 2.45) is 17.8 Å². The predicted octanol–water partition coefficient (Wildman–Crippen LogP) is 7.44. The van der Waals surface area contributed by atoms with E-state index in [9.17, 15) is 9.59 Å². The first-order valence-electron chi connectivity index (χ1n) is 16.7. The molecule has 6 nitrogen and oxygen atoms in total. The summed E-state index contributed by atoms with van der Waals surface area (Å²) in [5, 5.41) is 7.25. The molecule has 240 valence electrons. The van der Waals surface area contributed by atoms with Crippen LogP contribution in [0.15, 0.2) is 18.2 Å². The van der Waals surface area contributed by atoms with Gasteiger partial charge in [-0.3, -0.25) is 4.79 Å². The molecule has 1 aromatic rings. The Hall–Kier alpha value is -1.99. The minimum Gasteiger partial charge on any atom is -0.462 e. The van der Waals surface area contributed by atoms with Gasteiger partial charge in [0, 0.05) is 47.8 Å². The molecule has 4 unspecified atom stereocenters. The maximum absolute atomic E-state index is 15.3. The lowest BCUT2D eigenvalue weighted by Crippen LogP contribution is -2.59. The van der Waals surface area contributed by atoms with Gasteiger partial charge >= 0.3 is 11.9 Å². The highest BCUT2D eigenvalue weighted by molar-refractivity contribution is 5.90. The van der Waals surface area contributed by atoms with Gasteiger partial charge in [-0.15, -0.1) is 0 Å². The molecule has 5 rings (SSSR count). The summed E-state index contributed by atoms with van der Waals surface area (Å²) in [6.45, 7) is 17.1. The van der Waals surface area contributed by atoms with Gasteiger partial charge < -0.3 is 20.1 Å². The van der Waals surface area contributed by atoms with E-state index in [-0.39, 0.29) is 57.7 Å². The van der Waals surface area contributed by atoms with Crippen LogP contribution in [0.5, 0.6) is 0 Å². The van der Waals surface area contributed by atoms with Crippen molar-refractivity contribution in [1.29, 1.82) is 0 Å². The number of rotatable bonds is 5. The standard InChI is InChI=1S/C36H55FN2O4/c1-33(2)18-27(19-34(3,4)38-33)42-31(40)26-12-11-22-15-23(9-10-24(22)16-26)25-13-14-29(30(37)17-25)32(41)43-28-20-35(5,6)39-36(7,8)21-28/h13-14,17,22-24,26-28,38-39H,9-12,15-16,18-21H2,1-8H3. The molecule has 43 heavy (non-hydrogen) atoms. The predicted molar refractivity (Wildman–Crippen MR) is 167 cm³/mol. The first-order valence-corrected chi connectivity index (χ1v) is 16.7. The molecule has 4 fully saturated rings. The number of nitrogens with one attached hydrogen (secondary N) is 2. The van der Waals surface area contributed by atoms with E-state index < -0.39 is 11.8 Å². The molecule has 7 heteroatoms. The average Bonchev–Trinajstić information content (AvgIpc) is 2.84. The van der Waals surface area contributed by atoms with Gasteiger partial charge in [-0.1, -0.05) is 6.07 Å². The van der Waals surface area contributed by atoms with Crippen LogP contribution < -0.4 is 10.6 Å². The zero-order chi connectivity index (χ0) is 31.4. The third-order valence-corrected chi connectivity index (χ3v) is 10.5. The quantitative estimate of drug-likeness (QED) is 0.343. The molecule has 4 atom stereocenters. The smallest absolute Gasteiger partial charge is 0.341 e. The number of fused-ring (bicyclic) bond motifs is 1. The van der Waals surface area contributed by atoms with Crippen LogP contribution in [0.25, 0.3) is 0 Å². The van der Waals surface area contributed by atoms with Crippen molar-refractivity contribution in [2.75, 3.05) is 0 Å². The third kappa shape index (κ3) is 8.00. The second-order valence-corrected chi connectivity index (χ2v) is 17.0. The van der Waals surface area contributed by atoms with Crippen LogP contribution in [-0.4, -0.2) is 46.3 Å². The summed E-state index contributed by atoms with van der Waals surface area (Å²) in [4.78, 5) is 26.2. The van der Waals surface area contributed by atoms with Gasteiger partial charge in [0.2, 0.25) is 0 Å². The number of esters is 2. The Kier molecular flexibility index (Phi) is 8.85. The van der Waals surface area contributed by atoms with Crippen LogP contribution in [-0.2, 0) is 14.3 Å². The molecular formula is C36H55FN2O4. The molecule has 2 aliphatic carbocycles. The highest BCUT2D eigenvalue weighted by atomic mass is 19.1. The Labute approximate surface area is 258 Å².